The van der Waals surface area contributed by atoms with Crippen LogP contribution in [0.4, 0.5) is 0 Å². The van der Waals surface area contributed by atoms with Crippen molar-refractivity contribution in [2.24, 2.45) is 5.92 Å². The van der Waals surface area contributed by atoms with Crippen molar-refractivity contribution < 1.29 is 19.4 Å². The predicted octanol–water partition coefficient (Wildman–Crippen LogP) is 0.638. The van der Waals surface area contributed by atoms with E-state index in [0.29, 0.717) is 18.9 Å². The Bertz CT molecular complexity index is 215. The molecule has 0 saturated heterocycles. The van der Waals surface area contributed by atoms with Crippen LogP contribution in [-0.4, -0.2) is 36.7 Å². The van der Waals surface area contributed by atoms with Crippen LogP contribution in [0.2, 0.25) is 0 Å². The van der Waals surface area contributed by atoms with Crippen molar-refractivity contribution in [2.75, 3.05) is 13.7 Å². The van der Waals surface area contributed by atoms with E-state index in [-0.39, 0.29) is 12.4 Å². The molecular formula is C10H19NO4. The van der Waals surface area contributed by atoms with E-state index in [1.807, 2.05) is 13.8 Å². The Morgan fingerprint density at radius 2 is 2.00 bits per heavy atom. The molecule has 0 aliphatic heterocycles. The van der Waals surface area contributed by atoms with Crippen LogP contribution < -0.4 is 5.32 Å². The van der Waals surface area contributed by atoms with Gasteiger partial charge in [0.1, 0.15) is 6.04 Å². The van der Waals surface area contributed by atoms with Gasteiger partial charge in [0.25, 0.3) is 0 Å². The van der Waals surface area contributed by atoms with E-state index in [2.05, 4.69) is 10.1 Å². The van der Waals surface area contributed by atoms with Gasteiger partial charge in [-0.15, -0.1) is 0 Å². The minimum Gasteiger partial charge on any atom is -0.480 e. The number of carboxylic acid groups (broad SMARTS) is 1. The molecule has 15 heavy (non-hydrogen) atoms. The summed E-state index contributed by atoms with van der Waals surface area (Å²) in [7, 11) is 1.31. The highest BCUT2D eigenvalue weighted by molar-refractivity contribution is 5.73. The van der Waals surface area contributed by atoms with Crippen LogP contribution in [0.25, 0.3) is 0 Å². The average Bonchev–Trinajstić information content (AvgIpc) is 2.15. The SMILES string of the molecule is COC(=O)CCNC(CC(C)C)C(=O)O. The Hall–Kier alpha value is -1.10. The first-order valence-corrected chi connectivity index (χ1v) is 5.00. The lowest BCUT2D eigenvalue weighted by Crippen LogP contribution is -2.38. The molecule has 0 bridgehead atoms. The zero-order chi connectivity index (χ0) is 11.8. The monoisotopic (exact) mass is 217 g/mol. The van der Waals surface area contributed by atoms with Crippen molar-refractivity contribution in [2.45, 2.75) is 32.7 Å². The van der Waals surface area contributed by atoms with E-state index in [9.17, 15) is 9.59 Å². The predicted molar refractivity (Wildman–Crippen MR) is 55.5 cm³/mol. The minimum atomic E-state index is -0.881. The van der Waals surface area contributed by atoms with E-state index >= 15 is 0 Å². The van der Waals surface area contributed by atoms with Crippen molar-refractivity contribution in [3.05, 3.63) is 0 Å². The number of aliphatic carboxylic acids is 1. The quantitative estimate of drug-likeness (QED) is 0.612. The van der Waals surface area contributed by atoms with E-state index in [4.69, 9.17) is 5.11 Å². The van der Waals surface area contributed by atoms with Crippen LogP contribution in [0.1, 0.15) is 26.7 Å². The fourth-order valence-corrected chi connectivity index (χ4v) is 1.19. The third kappa shape index (κ3) is 6.90. The van der Waals surface area contributed by atoms with Gasteiger partial charge < -0.3 is 15.2 Å². The molecule has 1 unspecified atom stereocenters. The topological polar surface area (TPSA) is 75.6 Å². The second kappa shape index (κ2) is 7.23. The van der Waals surface area contributed by atoms with Crippen LogP contribution in [0.15, 0.2) is 0 Å². The Morgan fingerprint density at radius 1 is 1.40 bits per heavy atom. The molecule has 0 rings (SSSR count). The molecular weight excluding hydrogens is 198 g/mol. The number of carbonyl (C=O) groups excluding carboxylic acids is 1. The van der Waals surface area contributed by atoms with Gasteiger partial charge >= 0.3 is 11.9 Å². The molecule has 0 amide bonds. The number of carboxylic acids is 1. The first kappa shape index (κ1) is 13.9. The Morgan fingerprint density at radius 3 is 2.40 bits per heavy atom. The zero-order valence-electron chi connectivity index (χ0n) is 9.45. The van der Waals surface area contributed by atoms with Gasteiger partial charge in [-0.25, -0.2) is 0 Å². The van der Waals surface area contributed by atoms with E-state index in [0.717, 1.165) is 0 Å². The minimum absolute atomic E-state index is 0.193. The summed E-state index contributed by atoms with van der Waals surface area (Å²) in [5, 5.41) is 11.7. The molecule has 0 saturated carbocycles. The first-order valence-electron chi connectivity index (χ1n) is 5.00. The van der Waals surface area contributed by atoms with Crippen LogP contribution in [0, 0.1) is 5.92 Å². The van der Waals surface area contributed by atoms with Crippen molar-refractivity contribution in [1.29, 1.82) is 0 Å². The molecule has 88 valence electrons. The lowest BCUT2D eigenvalue weighted by Gasteiger charge is -2.15. The highest BCUT2D eigenvalue weighted by Crippen LogP contribution is 2.04. The maximum atomic E-state index is 10.8. The highest BCUT2D eigenvalue weighted by Gasteiger charge is 2.18. The largest absolute Gasteiger partial charge is 0.480 e. The zero-order valence-corrected chi connectivity index (χ0v) is 9.45. The van der Waals surface area contributed by atoms with E-state index in [1.54, 1.807) is 0 Å². The standard InChI is InChI=1S/C10H19NO4/c1-7(2)6-8(10(13)14)11-5-4-9(12)15-3/h7-8,11H,4-6H2,1-3H3,(H,13,14). The van der Waals surface area contributed by atoms with Gasteiger partial charge in [0, 0.05) is 6.54 Å². The molecule has 0 radical (unpaired) electrons. The fourth-order valence-electron chi connectivity index (χ4n) is 1.19. The summed E-state index contributed by atoms with van der Waals surface area (Å²) < 4.78 is 4.45. The Kier molecular flexibility index (Phi) is 6.70. The number of esters is 1. The molecule has 0 fully saturated rings. The normalized spacial score (nSPS) is 12.5. The Balaban J connectivity index is 3.86. The lowest BCUT2D eigenvalue weighted by atomic mass is 10.0. The highest BCUT2D eigenvalue weighted by atomic mass is 16.5. The van der Waals surface area contributed by atoms with Crippen molar-refractivity contribution >= 4 is 11.9 Å². The number of methoxy groups -OCH3 is 1. The molecule has 0 aromatic carbocycles. The molecule has 5 nitrogen and oxygen atoms in total. The lowest BCUT2D eigenvalue weighted by molar-refractivity contribution is -0.142. The summed E-state index contributed by atoms with van der Waals surface area (Å²) in [6.45, 7) is 4.24. The number of ether oxygens (including phenoxy) is 1. The first-order chi connectivity index (χ1) is 6.97. The van der Waals surface area contributed by atoms with Crippen molar-refractivity contribution in [3.63, 3.8) is 0 Å². The number of hydrogen-bond donors (Lipinski definition) is 2. The number of carbonyl (C=O) groups is 2. The van der Waals surface area contributed by atoms with Gasteiger partial charge in [0.15, 0.2) is 0 Å². The van der Waals surface area contributed by atoms with E-state index < -0.39 is 12.0 Å². The molecule has 0 aliphatic rings. The molecule has 1 atom stereocenters. The fraction of sp³-hybridized carbons (Fsp3) is 0.800. The van der Waals surface area contributed by atoms with Crippen LogP contribution >= 0.6 is 0 Å². The molecule has 2 N–H and O–H groups in total. The molecule has 0 aromatic heterocycles. The third-order valence-corrected chi connectivity index (χ3v) is 1.95. The van der Waals surface area contributed by atoms with Crippen molar-refractivity contribution in [1.82, 2.24) is 5.32 Å². The summed E-state index contributed by atoms with van der Waals surface area (Å²) in [5.74, 6) is -0.915. The van der Waals surface area contributed by atoms with Crippen molar-refractivity contribution in [3.8, 4) is 0 Å². The maximum Gasteiger partial charge on any atom is 0.320 e. The number of nitrogens with one attached hydrogen (secondary N) is 1. The number of rotatable bonds is 7. The van der Waals surface area contributed by atoms with Gasteiger partial charge in [-0.05, 0) is 12.3 Å². The van der Waals surface area contributed by atoms with Crippen LogP contribution in [0.5, 0.6) is 0 Å². The third-order valence-electron chi connectivity index (χ3n) is 1.95. The summed E-state index contributed by atoms with van der Waals surface area (Å²) >= 11 is 0. The maximum absolute atomic E-state index is 10.8. The summed E-state index contributed by atoms with van der Waals surface area (Å²) in [4.78, 5) is 21.6. The molecule has 0 spiro atoms. The smallest absolute Gasteiger partial charge is 0.320 e. The summed E-state index contributed by atoms with van der Waals surface area (Å²) in [6, 6.07) is -0.588. The van der Waals surface area contributed by atoms with Gasteiger partial charge in [0.2, 0.25) is 0 Å². The average molecular weight is 217 g/mol. The molecule has 5 heteroatoms. The second-order valence-corrected chi connectivity index (χ2v) is 3.80. The molecule has 0 aliphatic carbocycles. The van der Waals surface area contributed by atoms with Crippen LogP contribution in [0.3, 0.4) is 0 Å². The number of hydrogen-bond acceptors (Lipinski definition) is 4. The Labute approximate surface area is 89.8 Å². The summed E-state index contributed by atoms with van der Waals surface area (Å²) in [5.41, 5.74) is 0. The van der Waals surface area contributed by atoms with Crippen LogP contribution in [-0.2, 0) is 14.3 Å². The molecule has 0 heterocycles. The molecule has 0 aromatic rings. The summed E-state index contributed by atoms with van der Waals surface area (Å²) in [6.07, 6.45) is 0.745. The van der Waals surface area contributed by atoms with Gasteiger partial charge in [-0.3, -0.25) is 9.59 Å². The van der Waals surface area contributed by atoms with Gasteiger partial charge in [0.05, 0.1) is 13.5 Å². The second-order valence-electron chi connectivity index (χ2n) is 3.80. The van der Waals surface area contributed by atoms with Gasteiger partial charge in [-0.2, -0.15) is 0 Å². The van der Waals surface area contributed by atoms with E-state index in [1.165, 1.54) is 7.11 Å². The van der Waals surface area contributed by atoms with Gasteiger partial charge in [-0.1, -0.05) is 13.8 Å².